The fourth-order valence-corrected chi connectivity index (χ4v) is 2.96. The molecule has 1 aliphatic heterocycles. The molecule has 0 radical (unpaired) electrons. The van der Waals surface area contributed by atoms with Gasteiger partial charge in [0.1, 0.15) is 11.0 Å². The van der Waals surface area contributed by atoms with Crippen LogP contribution >= 0.6 is 0 Å². The molecule has 0 unspecified atom stereocenters. The first-order valence-corrected chi connectivity index (χ1v) is 7.20. The topological polar surface area (TPSA) is 66.8 Å². The van der Waals surface area contributed by atoms with Gasteiger partial charge >= 0.3 is 5.97 Å². The maximum Gasteiger partial charge on any atom is 0.319 e. The lowest BCUT2D eigenvalue weighted by Gasteiger charge is -2.41. The van der Waals surface area contributed by atoms with Crippen LogP contribution in [0.2, 0.25) is 0 Å². The number of carboxylic acids is 1. The maximum atomic E-state index is 12.5. The average Bonchev–Trinajstić information content (AvgIpc) is 3.29. The number of amides is 1. The molecule has 1 atom stereocenters. The molecular formula is C16H19NO4. The molecule has 1 N–H and O–H groups in total. The molecule has 112 valence electrons. The van der Waals surface area contributed by atoms with Crippen molar-refractivity contribution < 1.29 is 19.4 Å². The van der Waals surface area contributed by atoms with E-state index in [0.29, 0.717) is 32.5 Å². The highest BCUT2D eigenvalue weighted by Crippen LogP contribution is 2.48. The van der Waals surface area contributed by atoms with Gasteiger partial charge in [-0.1, -0.05) is 30.3 Å². The second-order valence-electron chi connectivity index (χ2n) is 6.06. The van der Waals surface area contributed by atoms with Crippen molar-refractivity contribution in [3.8, 4) is 0 Å². The largest absolute Gasteiger partial charge is 0.480 e. The van der Waals surface area contributed by atoms with Gasteiger partial charge in [0.15, 0.2) is 0 Å². The minimum atomic E-state index is -1.17. The number of carbonyl (C=O) groups is 2. The molecule has 0 spiro atoms. The highest BCUT2D eigenvalue weighted by atomic mass is 16.5. The van der Waals surface area contributed by atoms with Gasteiger partial charge in [0.2, 0.25) is 5.91 Å². The second kappa shape index (κ2) is 4.84. The van der Waals surface area contributed by atoms with Crippen molar-refractivity contribution in [3.05, 3.63) is 35.9 Å². The minimum Gasteiger partial charge on any atom is -0.480 e. The highest BCUT2D eigenvalue weighted by Gasteiger charge is 2.59. The quantitative estimate of drug-likeness (QED) is 0.859. The smallest absolute Gasteiger partial charge is 0.319 e. The summed E-state index contributed by atoms with van der Waals surface area (Å²) < 4.78 is 5.88. The van der Waals surface area contributed by atoms with Gasteiger partial charge in [-0.15, -0.1) is 0 Å². The lowest BCUT2D eigenvalue weighted by Crippen LogP contribution is -2.53. The van der Waals surface area contributed by atoms with Gasteiger partial charge in [-0.25, -0.2) is 0 Å². The Balaban J connectivity index is 1.81. The van der Waals surface area contributed by atoms with Gasteiger partial charge in [0.25, 0.3) is 0 Å². The predicted molar refractivity (Wildman–Crippen MR) is 75.6 cm³/mol. The maximum absolute atomic E-state index is 12.5. The first kappa shape index (κ1) is 14.1. The van der Waals surface area contributed by atoms with Gasteiger partial charge in [-0.2, -0.15) is 0 Å². The highest BCUT2D eigenvalue weighted by molar-refractivity contribution is 6.04. The van der Waals surface area contributed by atoms with Gasteiger partial charge in [-0.3, -0.25) is 9.59 Å². The van der Waals surface area contributed by atoms with E-state index >= 15 is 0 Å². The van der Waals surface area contributed by atoms with Gasteiger partial charge in [-0.05, 0) is 25.3 Å². The minimum absolute atomic E-state index is 0.263. The van der Waals surface area contributed by atoms with E-state index in [2.05, 4.69) is 0 Å². The molecule has 1 amide bonds. The van der Waals surface area contributed by atoms with Crippen LogP contribution < -0.4 is 0 Å². The second-order valence-corrected chi connectivity index (χ2v) is 6.06. The van der Waals surface area contributed by atoms with Crippen LogP contribution in [0.4, 0.5) is 0 Å². The fraction of sp³-hybridized carbons (Fsp3) is 0.500. The lowest BCUT2D eigenvalue weighted by atomic mass is 9.93. The fourth-order valence-electron chi connectivity index (χ4n) is 2.96. The standard InChI is InChI=1S/C16H19NO4/c1-15(12-5-3-2-4-6-12)11-17(9-10-21-15)13(18)16(7-8-16)14(19)20/h2-6H,7-11H2,1H3,(H,19,20)/t15-/m0/s1. The summed E-state index contributed by atoms with van der Waals surface area (Å²) in [6.07, 6.45) is 0.890. The third kappa shape index (κ3) is 2.31. The van der Waals surface area contributed by atoms with Crippen LogP contribution in [-0.2, 0) is 19.9 Å². The summed E-state index contributed by atoms with van der Waals surface area (Å²) >= 11 is 0. The number of hydrogen-bond donors (Lipinski definition) is 1. The molecule has 1 aromatic rings. The van der Waals surface area contributed by atoms with Gasteiger partial charge in [0, 0.05) is 6.54 Å². The molecular weight excluding hydrogens is 270 g/mol. The van der Waals surface area contributed by atoms with Crippen LogP contribution in [0.1, 0.15) is 25.3 Å². The Morgan fingerprint density at radius 1 is 1.24 bits per heavy atom. The summed E-state index contributed by atoms with van der Waals surface area (Å²) in [5, 5.41) is 9.27. The number of hydrogen-bond acceptors (Lipinski definition) is 3. The number of carbonyl (C=O) groups excluding carboxylic acids is 1. The third-order valence-corrected chi connectivity index (χ3v) is 4.51. The zero-order valence-corrected chi connectivity index (χ0v) is 12.0. The normalized spacial score (nSPS) is 27.2. The molecule has 0 bridgehead atoms. The number of morpholine rings is 1. The summed E-state index contributed by atoms with van der Waals surface area (Å²) in [6.45, 7) is 3.22. The van der Waals surface area contributed by atoms with Crippen molar-refractivity contribution in [2.45, 2.75) is 25.4 Å². The van der Waals surface area contributed by atoms with E-state index in [1.807, 2.05) is 37.3 Å². The van der Waals surface area contributed by atoms with Gasteiger partial charge < -0.3 is 14.7 Å². The van der Waals surface area contributed by atoms with E-state index in [1.165, 1.54) is 0 Å². The molecule has 5 heteroatoms. The molecule has 1 heterocycles. The summed E-state index contributed by atoms with van der Waals surface area (Å²) in [4.78, 5) is 25.5. The Bertz CT molecular complexity index is 567. The van der Waals surface area contributed by atoms with E-state index in [1.54, 1.807) is 4.90 Å². The molecule has 1 saturated heterocycles. The van der Waals surface area contributed by atoms with Crippen LogP contribution in [0.5, 0.6) is 0 Å². The first-order chi connectivity index (χ1) is 9.98. The van der Waals surface area contributed by atoms with Crippen LogP contribution in [0.3, 0.4) is 0 Å². The number of nitrogens with zero attached hydrogens (tertiary/aromatic N) is 1. The zero-order valence-electron chi connectivity index (χ0n) is 12.0. The van der Waals surface area contributed by atoms with Crippen molar-refractivity contribution in [1.82, 2.24) is 4.90 Å². The van der Waals surface area contributed by atoms with Crippen molar-refractivity contribution in [1.29, 1.82) is 0 Å². The summed E-state index contributed by atoms with van der Waals surface area (Å²) in [5.41, 5.74) is -0.749. The van der Waals surface area contributed by atoms with E-state index in [0.717, 1.165) is 5.56 Å². The zero-order chi connectivity index (χ0) is 15.1. The number of aliphatic carboxylic acids is 1. The molecule has 3 rings (SSSR count). The third-order valence-electron chi connectivity index (χ3n) is 4.51. The Labute approximate surface area is 123 Å². The number of ether oxygens (including phenoxy) is 1. The van der Waals surface area contributed by atoms with Crippen LogP contribution in [0, 0.1) is 5.41 Å². The molecule has 1 saturated carbocycles. The Morgan fingerprint density at radius 3 is 2.48 bits per heavy atom. The van der Waals surface area contributed by atoms with E-state index in [-0.39, 0.29) is 5.91 Å². The van der Waals surface area contributed by atoms with Crippen LogP contribution in [0.15, 0.2) is 30.3 Å². The van der Waals surface area contributed by atoms with Gasteiger partial charge in [0.05, 0.1) is 13.2 Å². The summed E-state index contributed by atoms with van der Waals surface area (Å²) in [7, 11) is 0. The van der Waals surface area contributed by atoms with E-state index < -0.39 is 17.0 Å². The number of carboxylic acid groups (broad SMARTS) is 1. The monoisotopic (exact) mass is 289 g/mol. The predicted octanol–water partition coefficient (Wildman–Crippen LogP) is 1.63. The summed E-state index contributed by atoms with van der Waals surface area (Å²) in [5.74, 6) is -1.26. The van der Waals surface area contributed by atoms with Crippen molar-refractivity contribution in [3.63, 3.8) is 0 Å². The Kier molecular flexibility index (Phi) is 3.24. The molecule has 2 aliphatic rings. The molecule has 21 heavy (non-hydrogen) atoms. The molecule has 0 aromatic heterocycles. The van der Waals surface area contributed by atoms with Crippen molar-refractivity contribution >= 4 is 11.9 Å². The molecule has 5 nitrogen and oxygen atoms in total. The van der Waals surface area contributed by atoms with Crippen molar-refractivity contribution in [2.75, 3.05) is 19.7 Å². The average molecular weight is 289 g/mol. The molecule has 2 fully saturated rings. The van der Waals surface area contributed by atoms with Crippen LogP contribution in [0.25, 0.3) is 0 Å². The van der Waals surface area contributed by atoms with Crippen LogP contribution in [-0.4, -0.2) is 41.6 Å². The molecule has 1 aromatic carbocycles. The Morgan fingerprint density at radius 2 is 1.90 bits per heavy atom. The summed E-state index contributed by atoms with van der Waals surface area (Å²) in [6, 6.07) is 9.74. The SMILES string of the molecule is C[C@@]1(c2ccccc2)CN(C(=O)C2(C(=O)O)CC2)CCO1. The lowest BCUT2D eigenvalue weighted by molar-refractivity contribution is -0.163. The van der Waals surface area contributed by atoms with E-state index in [9.17, 15) is 14.7 Å². The Hall–Kier alpha value is -1.88. The number of rotatable bonds is 3. The first-order valence-electron chi connectivity index (χ1n) is 7.20. The molecule has 1 aliphatic carbocycles. The van der Waals surface area contributed by atoms with Crippen molar-refractivity contribution in [2.24, 2.45) is 5.41 Å². The van der Waals surface area contributed by atoms with E-state index in [4.69, 9.17) is 4.74 Å². The number of benzene rings is 1.